The highest BCUT2D eigenvalue weighted by atomic mass is 32.1. The van der Waals surface area contributed by atoms with Gasteiger partial charge in [-0.3, -0.25) is 0 Å². The van der Waals surface area contributed by atoms with E-state index in [0.29, 0.717) is 22.9 Å². The van der Waals surface area contributed by atoms with E-state index in [1.54, 1.807) is 12.1 Å². The molecule has 0 aliphatic rings. The molecule has 2 rings (SSSR count). The maximum atomic E-state index is 9.95. The number of thiazole rings is 1. The van der Waals surface area contributed by atoms with Crippen LogP contribution in [0.4, 0.5) is 5.13 Å². The average Bonchev–Trinajstić information content (AvgIpc) is 2.67. The van der Waals surface area contributed by atoms with E-state index in [1.807, 2.05) is 6.07 Å². The van der Waals surface area contributed by atoms with E-state index < -0.39 is 12.2 Å². The molecule has 0 bridgehead atoms. The molecule has 1 aromatic heterocycles. The van der Waals surface area contributed by atoms with Crippen molar-refractivity contribution >= 4 is 39.3 Å². The first-order chi connectivity index (χ1) is 8.11. The van der Waals surface area contributed by atoms with Gasteiger partial charge in [0.2, 0.25) is 0 Å². The Morgan fingerprint density at radius 2 is 2.18 bits per heavy atom. The highest BCUT2D eigenvalue weighted by molar-refractivity contribution is 7.80. The number of aliphatic hydroxyl groups excluding tert-OH is 2. The summed E-state index contributed by atoms with van der Waals surface area (Å²) in [7, 11) is 0. The number of nitrogens with zero attached hydrogens (tertiary/aromatic N) is 1. The zero-order valence-corrected chi connectivity index (χ0v) is 10.8. The second-order valence-corrected chi connectivity index (χ2v) is 5.31. The van der Waals surface area contributed by atoms with Crippen LogP contribution in [0.2, 0.25) is 0 Å². The zero-order chi connectivity index (χ0) is 12.4. The van der Waals surface area contributed by atoms with Crippen molar-refractivity contribution in [2.75, 3.05) is 11.5 Å². The molecule has 0 aliphatic carbocycles. The number of anilines is 1. The van der Waals surface area contributed by atoms with Crippen molar-refractivity contribution in [3.63, 3.8) is 0 Å². The third-order valence-corrected chi connectivity index (χ3v) is 3.68. The third kappa shape index (κ3) is 2.71. The van der Waals surface area contributed by atoms with Gasteiger partial charge in [-0.25, -0.2) is 4.98 Å². The molecule has 92 valence electrons. The Morgan fingerprint density at radius 1 is 1.41 bits per heavy atom. The summed E-state index contributed by atoms with van der Waals surface area (Å²) in [5, 5.41) is 20.2. The summed E-state index contributed by atoms with van der Waals surface area (Å²) in [6.45, 7) is 0. The fraction of sp³-hybridized carbons (Fsp3) is 0.364. The second-order valence-electron chi connectivity index (χ2n) is 3.80. The van der Waals surface area contributed by atoms with Crippen LogP contribution in [0, 0.1) is 0 Å². The molecule has 1 heterocycles. The summed E-state index contributed by atoms with van der Waals surface area (Å²) < 4.78 is 0.974. The van der Waals surface area contributed by atoms with Gasteiger partial charge in [-0.2, -0.15) is 12.6 Å². The lowest BCUT2D eigenvalue weighted by molar-refractivity contribution is 0.0173. The Labute approximate surface area is 109 Å². The van der Waals surface area contributed by atoms with Crippen LogP contribution in [-0.2, 0) is 0 Å². The molecule has 0 saturated carbocycles. The van der Waals surface area contributed by atoms with Crippen molar-refractivity contribution in [1.82, 2.24) is 4.98 Å². The van der Waals surface area contributed by atoms with Crippen molar-refractivity contribution < 1.29 is 10.2 Å². The van der Waals surface area contributed by atoms with Gasteiger partial charge < -0.3 is 15.9 Å². The minimum atomic E-state index is -0.908. The fourth-order valence-electron chi connectivity index (χ4n) is 1.66. The van der Waals surface area contributed by atoms with E-state index >= 15 is 0 Å². The van der Waals surface area contributed by atoms with Crippen molar-refractivity contribution in [3.8, 4) is 0 Å². The summed E-state index contributed by atoms with van der Waals surface area (Å²) >= 11 is 5.43. The Bertz CT molecular complexity index is 515. The molecule has 0 fully saturated rings. The largest absolute Gasteiger partial charge is 0.390 e. The van der Waals surface area contributed by atoms with Gasteiger partial charge >= 0.3 is 0 Å². The molecule has 0 aliphatic heterocycles. The SMILES string of the molecule is Nc1nc2cc(C(O)C(O)CCS)ccc2s1. The number of aliphatic hydroxyl groups is 2. The van der Waals surface area contributed by atoms with Crippen LogP contribution in [0.25, 0.3) is 10.2 Å². The second kappa shape index (κ2) is 5.22. The van der Waals surface area contributed by atoms with Crippen LogP contribution in [0.3, 0.4) is 0 Å². The highest BCUT2D eigenvalue weighted by Gasteiger charge is 2.18. The lowest BCUT2D eigenvalue weighted by Crippen LogP contribution is -2.18. The predicted octanol–water partition coefficient (Wildman–Crippen LogP) is 1.59. The smallest absolute Gasteiger partial charge is 0.181 e. The maximum Gasteiger partial charge on any atom is 0.181 e. The number of nitrogen functional groups attached to an aromatic ring is 1. The van der Waals surface area contributed by atoms with E-state index in [0.717, 1.165) is 10.2 Å². The standard InChI is InChI=1S/C11H14N2O2S2/c12-11-13-7-5-6(1-2-9(7)17-11)10(15)8(14)3-4-16/h1-2,5,8,10,14-16H,3-4H2,(H2,12,13). The van der Waals surface area contributed by atoms with Crippen LogP contribution in [-0.4, -0.2) is 27.1 Å². The van der Waals surface area contributed by atoms with Gasteiger partial charge in [0.1, 0.15) is 6.10 Å². The van der Waals surface area contributed by atoms with Gasteiger partial charge in [-0.15, -0.1) is 0 Å². The number of benzene rings is 1. The Kier molecular flexibility index (Phi) is 3.88. The minimum absolute atomic E-state index is 0.446. The predicted molar refractivity (Wildman–Crippen MR) is 73.5 cm³/mol. The Morgan fingerprint density at radius 3 is 2.88 bits per heavy atom. The van der Waals surface area contributed by atoms with Crippen LogP contribution in [0.5, 0.6) is 0 Å². The summed E-state index contributed by atoms with van der Waals surface area (Å²) in [4.78, 5) is 4.15. The Hall–Kier alpha value is -0.820. The molecule has 17 heavy (non-hydrogen) atoms. The highest BCUT2D eigenvalue weighted by Crippen LogP contribution is 2.28. The normalized spacial score (nSPS) is 15.0. The van der Waals surface area contributed by atoms with Crippen LogP contribution in [0.1, 0.15) is 18.1 Å². The van der Waals surface area contributed by atoms with E-state index in [2.05, 4.69) is 17.6 Å². The summed E-state index contributed by atoms with van der Waals surface area (Å²) in [6.07, 6.45) is -1.27. The maximum absolute atomic E-state index is 9.95. The molecular weight excluding hydrogens is 256 g/mol. The number of hydrogen-bond acceptors (Lipinski definition) is 6. The van der Waals surface area contributed by atoms with Gasteiger partial charge in [-0.05, 0) is 29.9 Å². The molecule has 1 aromatic carbocycles. The number of hydrogen-bond donors (Lipinski definition) is 4. The number of rotatable bonds is 4. The molecule has 0 spiro atoms. The summed E-state index contributed by atoms with van der Waals surface area (Å²) in [6, 6.07) is 5.40. The topological polar surface area (TPSA) is 79.4 Å². The monoisotopic (exact) mass is 270 g/mol. The third-order valence-electron chi connectivity index (χ3n) is 2.56. The van der Waals surface area contributed by atoms with E-state index in [9.17, 15) is 10.2 Å². The first kappa shape index (κ1) is 12.6. The molecule has 4 N–H and O–H groups in total. The minimum Gasteiger partial charge on any atom is -0.390 e. The molecule has 0 saturated heterocycles. The van der Waals surface area contributed by atoms with Gasteiger partial charge in [-0.1, -0.05) is 17.4 Å². The molecule has 6 heteroatoms. The molecule has 4 nitrogen and oxygen atoms in total. The first-order valence-electron chi connectivity index (χ1n) is 5.25. The average molecular weight is 270 g/mol. The number of fused-ring (bicyclic) bond motifs is 1. The zero-order valence-electron chi connectivity index (χ0n) is 9.08. The summed E-state index contributed by atoms with van der Waals surface area (Å²) in [5.74, 6) is 0.532. The van der Waals surface area contributed by atoms with Crippen LogP contribution >= 0.6 is 24.0 Å². The molecule has 2 aromatic rings. The molecule has 2 unspecified atom stereocenters. The summed E-state index contributed by atoms with van der Waals surface area (Å²) in [5.41, 5.74) is 7.01. The molecular formula is C11H14N2O2S2. The van der Waals surface area contributed by atoms with Crippen molar-refractivity contribution in [3.05, 3.63) is 23.8 Å². The van der Waals surface area contributed by atoms with Crippen molar-refractivity contribution in [1.29, 1.82) is 0 Å². The van der Waals surface area contributed by atoms with E-state index in [-0.39, 0.29) is 0 Å². The quantitative estimate of drug-likeness (QED) is 0.636. The van der Waals surface area contributed by atoms with Crippen LogP contribution in [0.15, 0.2) is 18.2 Å². The molecule has 0 radical (unpaired) electrons. The lowest BCUT2D eigenvalue weighted by atomic mass is 10.0. The first-order valence-corrected chi connectivity index (χ1v) is 6.69. The van der Waals surface area contributed by atoms with Crippen LogP contribution < -0.4 is 5.73 Å². The van der Waals surface area contributed by atoms with E-state index in [4.69, 9.17) is 5.73 Å². The van der Waals surface area contributed by atoms with Gasteiger partial charge in [0.25, 0.3) is 0 Å². The molecule has 2 atom stereocenters. The van der Waals surface area contributed by atoms with Gasteiger partial charge in [0.05, 0.1) is 16.3 Å². The van der Waals surface area contributed by atoms with Gasteiger partial charge in [0, 0.05) is 0 Å². The number of nitrogens with two attached hydrogens (primary N) is 1. The van der Waals surface area contributed by atoms with Gasteiger partial charge in [0.15, 0.2) is 5.13 Å². The fourth-order valence-corrected chi connectivity index (χ4v) is 2.64. The van der Waals surface area contributed by atoms with Crippen molar-refractivity contribution in [2.45, 2.75) is 18.6 Å². The number of aromatic nitrogens is 1. The lowest BCUT2D eigenvalue weighted by Gasteiger charge is -2.17. The van der Waals surface area contributed by atoms with Crippen molar-refractivity contribution in [2.24, 2.45) is 0 Å². The Balaban J connectivity index is 2.28. The number of thiol groups is 1. The van der Waals surface area contributed by atoms with E-state index in [1.165, 1.54) is 11.3 Å². The molecule has 0 amide bonds.